The van der Waals surface area contributed by atoms with E-state index in [1.807, 2.05) is 0 Å². The lowest BCUT2D eigenvalue weighted by atomic mass is 9.97. The molecule has 0 bridgehead atoms. The van der Waals surface area contributed by atoms with Gasteiger partial charge >= 0.3 is 6.61 Å². The molecule has 0 atom stereocenters. The van der Waals surface area contributed by atoms with Gasteiger partial charge in [0.25, 0.3) is 0 Å². The molecule has 0 spiro atoms. The van der Waals surface area contributed by atoms with Crippen LogP contribution in [0, 0.1) is 5.92 Å². The molecule has 0 unspecified atom stereocenters. The number of hydrogen-bond acceptors (Lipinski definition) is 5. The topological polar surface area (TPSA) is 92.8 Å². The number of amides is 1. The number of alkyl halides is 2. The van der Waals surface area contributed by atoms with Gasteiger partial charge in [0.05, 0.1) is 4.90 Å². The monoisotopic (exact) mass is 466 g/mol. The molecule has 3 rings (SSSR count). The van der Waals surface area contributed by atoms with Crippen molar-refractivity contribution in [3.05, 3.63) is 59.7 Å². The summed E-state index contributed by atoms with van der Waals surface area (Å²) in [7, 11) is -3.72. The van der Waals surface area contributed by atoms with Crippen molar-refractivity contribution in [2.24, 2.45) is 5.92 Å². The van der Waals surface area contributed by atoms with Crippen molar-refractivity contribution in [1.82, 2.24) is 9.62 Å². The Morgan fingerprint density at radius 3 is 2.31 bits per heavy atom. The van der Waals surface area contributed by atoms with Crippen molar-refractivity contribution >= 4 is 21.7 Å². The third-order valence-corrected chi connectivity index (χ3v) is 7.28. The Labute approximate surface area is 185 Å². The summed E-state index contributed by atoms with van der Waals surface area (Å²) in [6.45, 7) is -1.16. The van der Waals surface area contributed by atoms with Crippen LogP contribution in [-0.2, 0) is 21.4 Å². The van der Waals surface area contributed by atoms with Gasteiger partial charge in [0.2, 0.25) is 15.9 Å². The largest absolute Gasteiger partial charge is 0.434 e. The predicted octanol–water partition coefficient (Wildman–Crippen LogP) is 3.21. The summed E-state index contributed by atoms with van der Waals surface area (Å²) in [5, 5.41) is 2.72. The number of para-hydroxylation sites is 1. The second-order valence-corrected chi connectivity index (χ2v) is 9.40. The molecule has 1 heterocycles. The van der Waals surface area contributed by atoms with Crippen LogP contribution < -0.4 is 10.1 Å². The lowest BCUT2D eigenvalue weighted by molar-refractivity contribution is -0.126. The standard InChI is InChI=1S/C22H24F2N2O5S/c1-15(27)16-6-8-19(9-7-16)32(29,30)26-12-10-17(11-13-26)21(28)25-14-18-4-2-3-5-20(18)31-22(23)24/h2-9,17,22H,10-14H2,1H3,(H,25,28). The van der Waals surface area contributed by atoms with Crippen molar-refractivity contribution in [1.29, 1.82) is 0 Å². The zero-order chi connectivity index (χ0) is 23.3. The number of piperidine rings is 1. The van der Waals surface area contributed by atoms with E-state index in [1.54, 1.807) is 18.2 Å². The molecule has 0 saturated carbocycles. The molecule has 2 aromatic carbocycles. The molecular weight excluding hydrogens is 442 g/mol. The fourth-order valence-electron chi connectivity index (χ4n) is 3.56. The maximum absolute atomic E-state index is 12.8. The van der Waals surface area contributed by atoms with Crippen LogP contribution in [-0.4, -0.2) is 44.1 Å². The number of ketones is 1. The van der Waals surface area contributed by atoms with Gasteiger partial charge in [0.1, 0.15) is 5.75 Å². The zero-order valence-corrected chi connectivity index (χ0v) is 18.3. The Balaban J connectivity index is 1.56. The molecule has 10 heteroatoms. The van der Waals surface area contributed by atoms with Gasteiger partial charge in [-0.1, -0.05) is 30.3 Å². The highest BCUT2D eigenvalue weighted by Gasteiger charge is 2.32. The van der Waals surface area contributed by atoms with Crippen molar-refractivity contribution in [3.8, 4) is 5.75 Å². The van der Waals surface area contributed by atoms with Gasteiger partial charge in [-0.25, -0.2) is 8.42 Å². The zero-order valence-electron chi connectivity index (χ0n) is 17.5. The lowest BCUT2D eigenvalue weighted by Crippen LogP contribution is -2.42. The van der Waals surface area contributed by atoms with E-state index in [9.17, 15) is 26.8 Å². The molecule has 1 aliphatic heterocycles. The smallest absolute Gasteiger partial charge is 0.387 e. The Kier molecular flexibility index (Phi) is 7.57. The normalized spacial score (nSPS) is 15.5. The van der Waals surface area contributed by atoms with Gasteiger partial charge in [0.15, 0.2) is 5.78 Å². The van der Waals surface area contributed by atoms with E-state index in [4.69, 9.17) is 0 Å². The van der Waals surface area contributed by atoms with Crippen LogP contribution in [0.5, 0.6) is 5.75 Å². The fraction of sp³-hybridized carbons (Fsp3) is 0.364. The van der Waals surface area contributed by atoms with Crippen LogP contribution in [0.3, 0.4) is 0 Å². The molecule has 172 valence electrons. The minimum absolute atomic E-state index is 0.000459. The number of benzene rings is 2. The Hall–Kier alpha value is -2.85. The third-order valence-electron chi connectivity index (χ3n) is 5.37. The first-order valence-corrected chi connectivity index (χ1v) is 11.5. The van der Waals surface area contributed by atoms with Crippen LogP contribution in [0.4, 0.5) is 8.78 Å². The minimum Gasteiger partial charge on any atom is -0.434 e. The Bertz CT molecular complexity index is 1070. The Morgan fingerprint density at radius 2 is 1.72 bits per heavy atom. The summed E-state index contributed by atoms with van der Waals surface area (Å²) in [6, 6.07) is 12.0. The summed E-state index contributed by atoms with van der Waals surface area (Å²) in [6.07, 6.45) is 0.678. The highest BCUT2D eigenvalue weighted by Crippen LogP contribution is 2.25. The van der Waals surface area contributed by atoms with Crippen molar-refractivity contribution in [3.63, 3.8) is 0 Å². The fourth-order valence-corrected chi connectivity index (χ4v) is 5.03. The van der Waals surface area contributed by atoms with E-state index in [1.165, 1.54) is 41.6 Å². The summed E-state index contributed by atoms with van der Waals surface area (Å²) in [4.78, 5) is 24.0. The highest BCUT2D eigenvalue weighted by atomic mass is 32.2. The van der Waals surface area contributed by atoms with Gasteiger partial charge in [0, 0.05) is 36.7 Å². The number of nitrogens with zero attached hydrogens (tertiary/aromatic N) is 1. The number of nitrogens with one attached hydrogen (secondary N) is 1. The number of sulfonamides is 1. The number of rotatable bonds is 8. The molecule has 1 aliphatic rings. The second kappa shape index (κ2) is 10.2. The lowest BCUT2D eigenvalue weighted by Gasteiger charge is -2.30. The predicted molar refractivity (Wildman–Crippen MR) is 113 cm³/mol. The number of Topliss-reactive ketones (excluding diaryl/α,β-unsaturated/α-hetero) is 1. The first-order chi connectivity index (χ1) is 15.2. The first-order valence-electron chi connectivity index (χ1n) is 10.1. The van der Waals surface area contributed by atoms with Gasteiger partial charge in [-0.15, -0.1) is 0 Å². The van der Waals surface area contributed by atoms with Crippen LogP contribution in [0.15, 0.2) is 53.4 Å². The summed E-state index contributed by atoms with van der Waals surface area (Å²) in [5.74, 6) is -0.798. The van der Waals surface area contributed by atoms with Crippen molar-refractivity contribution < 1.29 is 31.5 Å². The second-order valence-electron chi connectivity index (χ2n) is 7.46. The summed E-state index contributed by atoms with van der Waals surface area (Å²) >= 11 is 0. The van der Waals surface area contributed by atoms with Gasteiger partial charge < -0.3 is 10.1 Å². The summed E-state index contributed by atoms with van der Waals surface area (Å²) < 4.78 is 56.5. The third kappa shape index (κ3) is 5.68. The first kappa shape index (κ1) is 23.8. The average molecular weight is 467 g/mol. The van der Waals surface area contributed by atoms with Gasteiger partial charge in [-0.3, -0.25) is 9.59 Å². The molecular formula is C22H24F2N2O5S. The van der Waals surface area contributed by atoms with Gasteiger partial charge in [-0.05, 0) is 38.0 Å². The molecule has 0 radical (unpaired) electrons. The number of carbonyl (C=O) groups is 2. The molecule has 2 aromatic rings. The molecule has 1 N–H and O–H groups in total. The average Bonchev–Trinajstić information content (AvgIpc) is 2.78. The maximum atomic E-state index is 12.8. The summed E-state index contributed by atoms with van der Waals surface area (Å²) in [5.41, 5.74) is 0.857. The van der Waals surface area contributed by atoms with Crippen molar-refractivity contribution in [2.75, 3.05) is 13.1 Å². The number of ether oxygens (including phenoxy) is 1. The van der Waals surface area contributed by atoms with Crippen LogP contribution in [0.2, 0.25) is 0 Å². The van der Waals surface area contributed by atoms with Crippen LogP contribution in [0.1, 0.15) is 35.7 Å². The van der Waals surface area contributed by atoms with E-state index < -0.39 is 16.6 Å². The maximum Gasteiger partial charge on any atom is 0.387 e. The van der Waals surface area contributed by atoms with E-state index in [0.717, 1.165) is 0 Å². The molecule has 7 nitrogen and oxygen atoms in total. The van der Waals surface area contributed by atoms with Crippen LogP contribution in [0.25, 0.3) is 0 Å². The van der Waals surface area contributed by atoms with Crippen molar-refractivity contribution in [2.45, 2.75) is 37.8 Å². The van der Waals surface area contributed by atoms with E-state index in [2.05, 4.69) is 10.1 Å². The van der Waals surface area contributed by atoms with E-state index in [0.29, 0.717) is 24.0 Å². The molecule has 0 aliphatic carbocycles. The molecule has 1 amide bonds. The molecule has 32 heavy (non-hydrogen) atoms. The van der Waals surface area contributed by atoms with E-state index in [-0.39, 0.29) is 47.9 Å². The molecule has 1 saturated heterocycles. The van der Waals surface area contributed by atoms with Crippen LogP contribution >= 0.6 is 0 Å². The number of halogens is 2. The van der Waals surface area contributed by atoms with E-state index >= 15 is 0 Å². The SMILES string of the molecule is CC(=O)c1ccc(S(=O)(=O)N2CCC(C(=O)NCc3ccccc3OC(F)F)CC2)cc1. The Morgan fingerprint density at radius 1 is 1.09 bits per heavy atom. The number of hydrogen-bond donors (Lipinski definition) is 1. The molecule has 1 fully saturated rings. The highest BCUT2D eigenvalue weighted by molar-refractivity contribution is 7.89. The quantitative estimate of drug-likeness (QED) is 0.603. The minimum atomic E-state index is -3.72. The van der Waals surface area contributed by atoms with Gasteiger partial charge in [-0.2, -0.15) is 13.1 Å². The number of carbonyl (C=O) groups excluding carboxylic acids is 2. The molecule has 0 aromatic heterocycles.